The van der Waals surface area contributed by atoms with E-state index in [2.05, 4.69) is 181 Å². The van der Waals surface area contributed by atoms with Crippen LogP contribution in [0, 0.1) is 0 Å². The zero-order valence-electron chi connectivity index (χ0n) is 25.1. The summed E-state index contributed by atoms with van der Waals surface area (Å²) in [6, 6.07) is 63.9. The highest BCUT2D eigenvalue weighted by Crippen LogP contribution is 2.43. The molecule has 2 heteroatoms. The molecule has 0 amide bonds. The van der Waals surface area contributed by atoms with Gasteiger partial charge in [0.05, 0.1) is 0 Å². The molecule has 9 rings (SSSR count). The highest BCUT2D eigenvalue weighted by Gasteiger charge is 2.16. The number of anilines is 3. The molecular formula is C44H29NS. The molecule has 0 unspecified atom stereocenters. The van der Waals surface area contributed by atoms with E-state index in [1.54, 1.807) is 0 Å². The molecule has 0 saturated carbocycles. The van der Waals surface area contributed by atoms with Crippen molar-refractivity contribution in [2.24, 2.45) is 0 Å². The number of nitrogens with zero attached hydrogens (tertiary/aromatic N) is 1. The molecule has 9 aromatic rings. The standard InChI is InChI=1S/C44H29NS/c1-3-11-30(12-4-1)31-19-22-35(23-20-31)45(34-14-5-2-6-15-34)36-24-25-40-42-28-33(21-26-43(42)46-44(40)29-36)41-27-32-13-7-8-16-37(32)38-17-9-10-18-39(38)41/h1-29H. The van der Waals surface area contributed by atoms with Crippen LogP contribution in [0.5, 0.6) is 0 Å². The number of thiophene rings is 1. The Hall–Kier alpha value is -5.70. The van der Waals surface area contributed by atoms with Crippen LogP contribution < -0.4 is 4.90 Å². The second-order valence-electron chi connectivity index (χ2n) is 11.8. The van der Waals surface area contributed by atoms with E-state index >= 15 is 0 Å². The molecule has 0 saturated heterocycles. The van der Waals surface area contributed by atoms with Crippen LogP contribution in [0.15, 0.2) is 176 Å². The van der Waals surface area contributed by atoms with Gasteiger partial charge in [0.2, 0.25) is 0 Å². The van der Waals surface area contributed by atoms with E-state index in [0.29, 0.717) is 0 Å². The fraction of sp³-hybridized carbons (Fsp3) is 0. The van der Waals surface area contributed by atoms with Crippen LogP contribution in [0.25, 0.3) is 64.0 Å². The molecule has 0 N–H and O–H groups in total. The van der Waals surface area contributed by atoms with E-state index in [0.717, 1.165) is 17.1 Å². The average Bonchev–Trinajstić information content (AvgIpc) is 3.50. The molecule has 1 heterocycles. The molecule has 216 valence electrons. The molecular weight excluding hydrogens is 575 g/mol. The lowest BCUT2D eigenvalue weighted by atomic mass is 9.93. The van der Waals surface area contributed by atoms with Crippen molar-refractivity contribution in [3.8, 4) is 22.3 Å². The molecule has 0 aliphatic heterocycles. The van der Waals surface area contributed by atoms with Gasteiger partial charge in [0.25, 0.3) is 0 Å². The summed E-state index contributed by atoms with van der Waals surface area (Å²) in [5.41, 5.74) is 8.40. The van der Waals surface area contributed by atoms with Crippen molar-refractivity contribution in [1.82, 2.24) is 0 Å². The monoisotopic (exact) mass is 603 g/mol. The quantitative estimate of drug-likeness (QED) is 0.177. The van der Waals surface area contributed by atoms with Crippen LogP contribution in [0.2, 0.25) is 0 Å². The molecule has 0 aliphatic rings. The molecule has 0 atom stereocenters. The fourth-order valence-electron chi connectivity index (χ4n) is 6.82. The van der Waals surface area contributed by atoms with E-state index in [9.17, 15) is 0 Å². The van der Waals surface area contributed by atoms with Crippen molar-refractivity contribution in [3.05, 3.63) is 176 Å². The lowest BCUT2D eigenvalue weighted by Crippen LogP contribution is -2.09. The van der Waals surface area contributed by atoms with Gasteiger partial charge in [-0.1, -0.05) is 121 Å². The van der Waals surface area contributed by atoms with Crippen LogP contribution in [-0.4, -0.2) is 0 Å². The number of hydrogen-bond donors (Lipinski definition) is 0. The molecule has 0 radical (unpaired) electrons. The highest BCUT2D eigenvalue weighted by atomic mass is 32.1. The van der Waals surface area contributed by atoms with Crippen molar-refractivity contribution in [2.75, 3.05) is 4.90 Å². The van der Waals surface area contributed by atoms with Gasteiger partial charge in [-0.15, -0.1) is 11.3 Å². The summed E-state index contributed by atoms with van der Waals surface area (Å²) in [7, 11) is 0. The molecule has 0 aliphatic carbocycles. The van der Waals surface area contributed by atoms with Crippen LogP contribution in [0.3, 0.4) is 0 Å². The van der Waals surface area contributed by atoms with Gasteiger partial charge in [-0.3, -0.25) is 0 Å². The fourth-order valence-corrected chi connectivity index (χ4v) is 7.94. The summed E-state index contributed by atoms with van der Waals surface area (Å²) >= 11 is 1.87. The van der Waals surface area contributed by atoms with E-state index in [4.69, 9.17) is 0 Å². The van der Waals surface area contributed by atoms with Gasteiger partial charge >= 0.3 is 0 Å². The second-order valence-corrected chi connectivity index (χ2v) is 12.9. The van der Waals surface area contributed by atoms with Crippen molar-refractivity contribution < 1.29 is 0 Å². The van der Waals surface area contributed by atoms with Crippen molar-refractivity contribution >= 4 is 70.1 Å². The third kappa shape index (κ3) is 4.54. The summed E-state index contributed by atoms with van der Waals surface area (Å²) in [6.45, 7) is 0. The number of benzene rings is 8. The van der Waals surface area contributed by atoms with Crippen LogP contribution in [0.4, 0.5) is 17.1 Å². The Labute approximate surface area is 272 Å². The predicted octanol–water partition coefficient (Wildman–Crippen LogP) is 13.2. The molecule has 46 heavy (non-hydrogen) atoms. The summed E-state index contributed by atoms with van der Waals surface area (Å²) in [4.78, 5) is 2.35. The first kappa shape index (κ1) is 26.7. The lowest BCUT2D eigenvalue weighted by Gasteiger charge is -2.25. The SMILES string of the molecule is c1ccc(-c2ccc(N(c3ccccc3)c3ccc4c(c3)sc3ccc(-c5cc6ccccc6c6ccccc56)cc34)cc2)cc1. The molecule has 0 fully saturated rings. The molecule has 8 aromatic carbocycles. The van der Waals surface area contributed by atoms with Gasteiger partial charge in [0, 0.05) is 37.2 Å². The van der Waals surface area contributed by atoms with Crippen molar-refractivity contribution in [3.63, 3.8) is 0 Å². The van der Waals surface area contributed by atoms with Gasteiger partial charge in [0.15, 0.2) is 0 Å². The molecule has 0 spiro atoms. The number of hydrogen-bond acceptors (Lipinski definition) is 2. The van der Waals surface area contributed by atoms with Gasteiger partial charge in [0.1, 0.15) is 0 Å². The van der Waals surface area contributed by atoms with Crippen molar-refractivity contribution in [1.29, 1.82) is 0 Å². The maximum Gasteiger partial charge on any atom is 0.0476 e. The Bertz CT molecular complexity index is 2510. The first-order valence-electron chi connectivity index (χ1n) is 15.7. The Balaban J connectivity index is 1.16. The summed E-state index contributed by atoms with van der Waals surface area (Å²) < 4.78 is 2.59. The third-order valence-corrected chi connectivity index (χ3v) is 10.2. The molecule has 0 bridgehead atoms. The van der Waals surface area contributed by atoms with Crippen LogP contribution >= 0.6 is 11.3 Å². The Kier molecular flexibility index (Phi) is 6.40. The summed E-state index contributed by atoms with van der Waals surface area (Å²) in [5.74, 6) is 0. The second kappa shape index (κ2) is 11.0. The van der Waals surface area contributed by atoms with Gasteiger partial charge < -0.3 is 4.90 Å². The highest BCUT2D eigenvalue weighted by molar-refractivity contribution is 7.25. The van der Waals surface area contributed by atoms with E-state index in [1.807, 2.05) is 11.3 Å². The first-order valence-corrected chi connectivity index (χ1v) is 16.5. The number of fused-ring (bicyclic) bond motifs is 6. The lowest BCUT2D eigenvalue weighted by molar-refractivity contribution is 1.29. The maximum absolute atomic E-state index is 2.39. The third-order valence-electron chi connectivity index (χ3n) is 9.04. The summed E-state index contributed by atoms with van der Waals surface area (Å²) in [5, 5.41) is 7.76. The minimum Gasteiger partial charge on any atom is -0.310 e. The first-order chi connectivity index (χ1) is 22.8. The van der Waals surface area contributed by atoms with E-state index in [-0.39, 0.29) is 0 Å². The topological polar surface area (TPSA) is 3.24 Å². The Morgan fingerprint density at radius 1 is 0.326 bits per heavy atom. The van der Waals surface area contributed by atoms with Crippen LogP contribution in [0.1, 0.15) is 0 Å². The number of para-hydroxylation sites is 1. The maximum atomic E-state index is 2.39. The minimum absolute atomic E-state index is 1.14. The van der Waals surface area contributed by atoms with E-state index in [1.165, 1.54) is 64.0 Å². The Morgan fingerprint density at radius 3 is 1.74 bits per heavy atom. The van der Waals surface area contributed by atoms with Gasteiger partial charge in [-0.05, 0) is 98.4 Å². The zero-order valence-corrected chi connectivity index (χ0v) is 25.9. The Morgan fingerprint density at radius 2 is 0.935 bits per heavy atom. The van der Waals surface area contributed by atoms with E-state index < -0.39 is 0 Å². The summed E-state index contributed by atoms with van der Waals surface area (Å²) in [6.07, 6.45) is 0. The van der Waals surface area contributed by atoms with Gasteiger partial charge in [-0.2, -0.15) is 0 Å². The van der Waals surface area contributed by atoms with Gasteiger partial charge in [-0.25, -0.2) is 0 Å². The largest absolute Gasteiger partial charge is 0.310 e. The van der Waals surface area contributed by atoms with Crippen LogP contribution in [-0.2, 0) is 0 Å². The molecule has 1 nitrogen and oxygen atoms in total. The average molecular weight is 604 g/mol. The van der Waals surface area contributed by atoms with Crippen molar-refractivity contribution in [2.45, 2.75) is 0 Å². The number of rotatable bonds is 5. The smallest absolute Gasteiger partial charge is 0.0476 e. The zero-order chi connectivity index (χ0) is 30.5. The normalized spacial score (nSPS) is 11.5. The minimum atomic E-state index is 1.14. The molecule has 1 aromatic heterocycles. The predicted molar refractivity (Wildman–Crippen MR) is 200 cm³/mol.